The fourth-order valence-electron chi connectivity index (χ4n) is 5.50. The minimum Gasteiger partial charge on any atom is -0.756 e. The number of ether oxygens (including phenoxy) is 2. The zero-order valence-electron chi connectivity index (χ0n) is 36.8. The topological polar surface area (TPSA) is 155 Å². The average Bonchev–Trinajstić information content (AvgIpc) is 3.17. The lowest BCUT2D eigenvalue weighted by atomic mass is 10.1. The molecule has 0 bridgehead atoms. The molecule has 0 radical (unpaired) electrons. The molecule has 0 aromatic rings. The summed E-state index contributed by atoms with van der Waals surface area (Å²) in [4.78, 5) is 24.9. The monoisotopic (exact) mass is 840 g/mol. The zero-order chi connectivity index (χ0) is 43.2. The number of carbonyl (C=O) groups is 1. The Kier molecular flexibility index (Phi) is 36.1. The number of phosphoric acid groups is 1. The van der Waals surface area contributed by atoms with Gasteiger partial charge in [0.25, 0.3) is 7.82 Å². The van der Waals surface area contributed by atoms with E-state index in [4.69, 9.17) is 18.5 Å². The van der Waals surface area contributed by atoms with E-state index in [1.165, 1.54) is 63.7 Å². The Morgan fingerprint density at radius 1 is 0.672 bits per heavy atom. The van der Waals surface area contributed by atoms with Gasteiger partial charge in [0.15, 0.2) is 6.10 Å². The maximum absolute atomic E-state index is 12.5. The third-order valence-electron chi connectivity index (χ3n) is 9.19. The highest BCUT2D eigenvalue weighted by Crippen LogP contribution is 2.38. The maximum atomic E-state index is 12.5. The van der Waals surface area contributed by atoms with Gasteiger partial charge in [-0.3, -0.25) is 9.36 Å². The molecule has 0 aromatic carbocycles. The molecule has 0 fully saturated rings. The first-order valence-electron chi connectivity index (χ1n) is 22.0. The summed E-state index contributed by atoms with van der Waals surface area (Å²) in [7, 11) is 1.16. The normalized spacial score (nSPS) is 16.0. The zero-order valence-corrected chi connectivity index (χ0v) is 37.7. The second-order valence-electron chi connectivity index (χ2n) is 16.0. The second kappa shape index (κ2) is 37.6. The van der Waals surface area contributed by atoms with Crippen LogP contribution in [0, 0.1) is 0 Å². The largest absolute Gasteiger partial charge is 0.756 e. The minimum absolute atomic E-state index is 0.00838. The van der Waals surface area contributed by atoms with Crippen molar-refractivity contribution in [3.63, 3.8) is 0 Å². The van der Waals surface area contributed by atoms with Crippen molar-refractivity contribution < 1.29 is 52.6 Å². The van der Waals surface area contributed by atoms with E-state index in [0.717, 1.165) is 57.8 Å². The summed E-state index contributed by atoms with van der Waals surface area (Å²) < 4.78 is 34.1. The quantitative estimate of drug-likeness (QED) is 0.0104. The molecule has 0 saturated carbocycles. The van der Waals surface area contributed by atoms with Gasteiger partial charge in [-0.05, 0) is 63.9 Å². The molecule has 0 aliphatic rings. The van der Waals surface area contributed by atoms with Crippen LogP contribution in [0.15, 0.2) is 73.1 Å². The molecular weight excluding hydrogens is 757 g/mol. The Morgan fingerprint density at radius 2 is 1.22 bits per heavy atom. The number of hydrogen-bond acceptors (Lipinski definition) is 10. The van der Waals surface area contributed by atoms with Crippen molar-refractivity contribution in [3.05, 3.63) is 73.1 Å². The molecule has 11 nitrogen and oxygen atoms in total. The lowest BCUT2D eigenvalue weighted by Crippen LogP contribution is -2.37. The number of esters is 1. The summed E-state index contributed by atoms with van der Waals surface area (Å²) in [5.74, 6) is -0.547. The molecule has 0 aliphatic carbocycles. The van der Waals surface area contributed by atoms with Crippen LogP contribution in [0.25, 0.3) is 0 Å². The molecule has 336 valence electrons. The fraction of sp³-hybridized carbons (Fsp3) is 0.717. The van der Waals surface area contributed by atoms with Gasteiger partial charge in [0.2, 0.25) is 0 Å². The predicted molar refractivity (Wildman–Crippen MR) is 235 cm³/mol. The Labute approximate surface area is 352 Å². The van der Waals surface area contributed by atoms with Gasteiger partial charge in [-0.15, -0.1) is 0 Å². The van der Waals surface area contributed by atoms with Gasteiger partial charge in [0.1, 0.15) is 19.8 Å². The van der Waals surface area contributed by atoms with E-state index >= 15 is 0 Å². The number of likely N-dealkylation sites (N-methyl/N-ethyl adjacent to an activating group) is 1. The summed E-state index contributed by atoms with van der Waals surface area (Å²) in [5.41, 5.74) is 0. The van der Waals surface area contributed by atoms with E-state index in [2.05, 4.69) is 26.0 Å². The number of aliphatic hydroxyl groups is 3. The Morgan fingerprint density at radius 3 is 1.84 bits per heavy atom. The van der Waals surface area contributed by atoms with Gasteiger partial charge < -0.3 is 43.2 Å². The van der Waals surface area contributed by atoms with E-state index in [-0.39, 0.29) is 32.5 Å². The lowest BCUT2D eigenvalue weighted by molar-refractivity contribution is -0.870. The number of carbonyl (C=O) groups excluding carboxylic acids is 1. The number of aliphatic hydroxyl groups excluding tert-OH is 3. The van der Waals surface area contributed by atoms with E-state index in [0.29, 0.717) is 11.0 Å². The Balaban J connectivity index is 4.65. The third-order valence-corrected chi connectivity index (χ3v) is 10.1. The van der Waals surface area contributed by atoms with Gasteiger partial charge in [0, 0.05) is 6.42 Å². The highest BCUT2D eigenvalue weighted by atomic mass is 31.2. The van der Waals surface area contributed by atoms with Crippen molar-refractivity contribution >= 4 is 13.8 Å². The summed E-state index contributed by atoms with van der Waals surface area (Å²) in [6, 6.07) is 0. The molecule has 0 aliphatic heterocycles. The summed E-state index contributed by atoms with van der Waals surface area (Å²) in [6.45, 7) is 4.17. The number of nitrogens with zero attached hydrogens (tertiary/aromatic N) is 1. The van der Waals surface area contributed by atoms with Gasteiger partial charge in [-0.1, -0.05) is 139 Å². The number of rotatable bonds is 39. The summed E-state index contributed by atoms with van der Waals surface area (Å²) >= 11 is 0. The highest BCUT2D eigenvalue weighted by molar-refractivity contribution is 7.45. The molecule has 1 unspecified atom stereocenters. The average molecular weight is 840 g/mol. The van der Waals surface area contributed by atoms with E-state index in [1.54, 1.807) is 36.5 Å². The summed E-state index contributed by atoms with van der Waals surface area (Å²) in [5, 5.41) is 30.5. The molecule has 0 saturated heterocycles. The molecule has 0 rings (SSSR count). The van der Waals surface area contributed by atoms with Gasteiger partial charge in [-0.25, -0.2) is 0 Å². The van der Waals surface area contributed by atoms with E-state index in [9.17, 15) is 29.6 Å². The van der Waals surface area contributed by atoms with Crippen LogP contribution in [-0.2, 0) is 27.9 Å². The first-order chi connectivity index (χ1) is 27.8. The van der Waals surface area contributed by atoms with Crippen molar-refractivity contribution in [2.75, 3.05) is 47.5 Å². The molecule has 12 heteroatoms. The van der Waals surface area contributed by atoms with Crippen LogP contribution >= 0.6 is 7.82 Å². The SMILES string of the molecule is CCCCCCCC/C=C\CCCCCC/C=C/O[C@H](COC(=O)CCC[C@@H](O)[C@H](O)/C=C/C=C/C=C\C=C\[C@H](O)CCCCC)COP(=O)([O-])OCC[N+](C)(C)C. The third kappa shape index (κ3) is 39.1. The smallest absolute Gasteiger partial charge is 0.305 e. The fourth-order valence-corrected chi connectivity index (χ4v) is 6.22. The van der Waals surface area contributed by atoms with Gasteiger partial charge in [-0.2, -0.15) is 0 Å². The summed E-state index contributed by atoms with van der Waals surface area (Å²) in [6.07, 6.45) is 38.1. The van der Waals surface area contributed by atoms with Crippen LogP contribution in [-0.4, -0.2) is 97.7 Å². The highest BCUT2D eigenvalue weighted by Gasteiger charge is 2.20. The van der Waals surface area contributed by atoms with E-state index < -0.39 is 44.8 Å². The molecule has 3 N–H and O–H groups in total. The first-order valence-corrected chi connectivity index (χ1v) is 23.5. The predicted octanol–water partition coefficient (Wildman–Crippen LogP) is 9.34. The van der Waals surface area contributed by atoms with E-state index in [1.807, 2.05) is 33.3 Å². The van der Waals surface area contributed by atoms with Gasteiger partial charge >= 0.3 is 5.97 Å². The number of phosphoric ester groups is 1. The number of quaternary nitrogens is 1. The molecule has 0 spiro atoms. The van der Waals surface area contributed by atoms with Crippen LogP contribution in [0.3, 0.4) is 0 Å². The number of unbranched alkanes of at least 4 members (excludes halogenated alkanes) is 13. The number of hydrogen-bond donors (Lipinski definition) is 3. The molecule has 0 heterocycles. The van der Waals surface area contributed by atoms with Crippen LogP contribution in [0.2, 0.25) is 0 Å². The maximum Gasteiger partial charge on any atom is 0.305 e. The molecular formula is C46H82NO10P. The lowest BCUT2D eigenvalue weighted by Gasteiger charge is -2.28. The van der Waals surface area contributed by atoms with Gasteiger partial charge in [0.05, 0.1) is 52.3 Å². The molecule has 0 amide bonds. The Bertz CT molecular complexity index is 1210. The van der Waals surface area contributed by atoms with Crippen LogP contribution < -0.4 is 4.89 Å². The second-order valence-corrected chi connectivity index (χ2v) is 17.4. The molecule has 58 heavy (non-hydrogen) atoms. The standard InChI is InChI=1S/C46H82NO10P/c1-6-8-10-11-12-13-14-15-16-17-18-19-20-23-26-30-38-54-43(41-57-58(52,53)56-39-37-47(3,4)5)40-55-46(51)36-31-35-45(50)44(49)34-29-25-22-21-24-28-33-42(48)32-27-9-7-2/h15-16,21-22,24-25,28-30,33-34,38,42-45,48-50H,6-14,17-20,23,26-27,31-32,35-37,39-41H2,1-5H3/b16-15-,24-21-,25-22+,33-28+,34-29+,38-30+/t42-,43-,44-,45-/m1/s1. The van der Waals surface area contributed by atoms with Crippen molar-refractivity contribution in [1.82, 2.24) is 0 Å². The molecule has 5 atom stereocenters. The Hall–Kier alpha value is -2.34. The minimum atomic E-state index is -4.61. The molecule has 0 aromatic heterocycles. The van der Waals surface area contributed by atoms with Crippen LogP contribution in [0.4, 0.5) is 0 Å². The first kappa shape index (κ1) is 55.7. The van der Waals surface area contributed by atoms with Crippen LogP contribution in [0.5, 0.6) is 0 Å². The van der Waals surface area contributed by atoms with Crippen molar-refractivity contribution in [2.24, 2.45) is 0 Å². The van der Waals surface area contributed by atoms with Crippen molar-refractivity contribution in [3.8, 4) is 0 Å². The van der Waals surface area contributed by atoms with Crippen molar-refractivity contribution in [1.29, 1.82) is 0 Å². The van der Waals surface area contributed by atoms with Crippen molar-refractivity contribution in [2.45, 2.75) is 167 Å². The number of allylic oxidation sites excluding steroid dienone is 9. The van der Waals surface area contributed by atoms with Crippen LogP contribution in [0.1, 0.15) is 142 Å².